The summed E-state index contributed by atoms with van der Waals surface area (Å²) in [5.41, 5.74) is 3.37. The maximum Gasteiger partial charge on any atom is 0.261 e. The van der Waals surface area contributed by atoms with E-state index in [0.29, 0.717) is 19.6 Å². The zero-order chi connectivity index (χ0) is 18.2. The van der Waals surface area contributed by atoms with E-state index in [9.17, 15) is 4.79 Å². The van der Waals surface area contributed by atoms with Gasteiger partial charge in [-0.3, -0.25) is 4.79 Å². The van der Waals surface area contributed by atoms with Crippen LogP contribution in [0, 0.1) is 20.8 Å². The lowest BCUT2D eigenvalue weighted by Gasteiger charge is -2.19. The van der Waals surface area contributed by atoms with Gasteiger partial charge in [-0.2, -0.15) is 0 Å². The Balaban J connectivity index is 1.82. The first kappa shape index (κ1) is 18.8. The number of benzene rings is 2. The average molecular weight is 341 g/mol. The fourth-order valence-corrected chi connectivity index (χ4v) is 2.49. The Labute approximate surface area is 150 Å². The van der Waals surface area contributed by atoms with Gasteiger partial charge in [-0.05, 0) is 62.1 Å². The first-order valence-corrected chi connectivity index (χ1v) is 8.71. The van der Waals surface area contributed by atoms with E-state index in [4.69, 9.17) is 9.47 Å². The van der Waals surface area contributed by atoms with Crippen LogP contribution in [0.15, 0.2) is 42.5 Å². The summed E-state index contributed by atoms with van der Waals surface area (Å²) >= 11 is 0. The third-order valence-electron chi connectivity index (χ3n) is 4.15. The monoisotopic (exact) mass is 341 g/mol. The van der Waals surface area contributed by atoms with Gasteiger partial charge in [0.1, 0.15) is 18.1 Å². The molecule has 25 heavy (non-hydrogen) atoms. The van der Waals surface area contributed by atoms with Crippen LogP contribution < -0.4 is 14.8 Å². The van der Waals surface area contributed by atoms with Crippen molar-refractivity contribution in [2.24, 2.45) is 0 Å². The Bertz CT molecular complexity index is 712. The first-order valence-electron chi connectivity index (χ1n) is 8.71. The predicted molar refractivity (Wildman–Crippen MR) is 100 cm³/mol. The van der Waals surface area contributed by atoms with Crippen molar-refractivity contribution in [2.75, 3.05) is 13.2 Å². The Morgan fingerprint density at radius 1 is 1.12 bits per heavy atom. The molecule has 0 heterocycles. The van der Waals surface area contributed by atoms with Gasteiger partial charge < -0.3 is 14.8 Å². The maximum absolute atomic E-state index is 12.3. The van der Waals surface area contributed by atoms with Crippen LogP contribution in [0.2, 0.25) is 0 Å². The van der Waals surface area contributed by atoms with E-state index in [1.54, 1.807) is 0 Å². The molecule has 1 amide bonds. The summed E-state index contributed by atoms with van der Waals surface area (Å²) < 4.78 is 11.6. The highest BCUT2D eigenvalue weighted by atomic mass is 16.5. The lowest BCUT2D eigenvalue weighted by molar-refractivity contribution is -0.128. The zero-order valence-corrected chi connectivity index (χ0v) is 15.5. The van der Waals surface area contributed by atoms with Gasteiger partial charge in [-0.1, -0.05) is 31.2 Å². The second-order valence-corrected chi connectivity index (χ2v) is 6.17. The molecule has 0 radical (unpaired) electrons. The molecule has 0 saturated carbocycles. The Kier molecular flexibility index (Phi) is 6.87. The molecule has 0 saturated heterocycles. The number of amides is 1. The number of aryl methyl sites for hydroxylation is 2. The smallest absolute Gasteiger partial charge is 0.261 e. The van der Waals surface area contributed by atoms with E-state index in [1.165, 1.54) is 0 Å². The molecule has 0 unspecified atom stereocenters. The van der Waals surface area contributed by atoms with Crippen molar-refractivity contribution in [1.82, 2.24) is 5.32 Å². The Hall–Kier alpha value is -2.49. The number of ether oxygens (including phenoxy) is 2. The number of rotatable bonds is 8. The van der Waals surface area contributed by atoms with Gasteiger partial charge >= 0.3 is 0 Å². The van der Waals surface area contributed by atoms with E-state index in [1.807, 2.05) is 70.2 Å². The molecule has 0 spiro atoms. The van der Waals surface area contributed by atoms with Crippen LogP contribution in [0.5, 0.6) is 11.5 Å². The molecule has 0 aromatic heterocycles. The van der Waals surface area contributed by atoms with Gasteiger partial charge in [0, 0.05) is 0 Å². The van der Waals surface area contributed by atoms with Gasteiger partial charge in [0.15, 0.2) is 6.10 Å². The van der Waals surface area contributed by atoms with E-state index in [2.05, 4.69) is 5.32 Å². The van der Waals surface area contributed by atoms with Crippen LogP contribution in [0.3, 0.4) is 0 Å². The molecule has 0 aliphatic heterocycles. The molecule has 0 bridgehead atoms. The minimum atomic E-state index is -0.500. The molecule has 4 nitrogen and oxygen atoms in total. The highest BCUT2D eigenvalue weighted by molar-refractivity contribution is 5.81. The summed E-state index contributed by atoms with van der Waals surface area (Å²) in [4.78, 5) is 12.3. The number of carbonyl (C=O) groups excluding carboxylic acids is 1. The van der Waals surface area contributed by atoms with Gasteiger partial charge in [-0.15, -0.1) is 0 Å². The molecule has 2 rings (SSSR count). The van der Waals surface area contributed by atoms with Crippen LogP contribution in [-0.2, 0) is 4.79 Å². The predicted octanol–water partition coefficient (Wildman–Crippen LogP) is 3.96. The molecule has 0 fully saturated rings. The molecular weight excluding hydrogens is 314 g/mol. The van der Waals surface area contributed by atoms with Crippen LogP contribution in [0.25, 0.3) is 0 Å². The highest BCUT2D eigenvalue weighted by Gasteiger charge is 2.19. The lowest BCUT2D eigenvalue weighted by Crippen LogP contribution is -2.39. The fourth-order valence-electron chi connectivity index (χ4n) is 2.49. The summed E-state index contributed by atoms with van der Waals surface area (Å²) in [7, 11) is 0. The van der Waals surface area contributed by atoms with Crippen molar-refractivity contribution in [3.8, 4) is 11.5 Å². The number of hydrogen-bond donors (Lipinski definition) is 1. The Morgan fingerprint density at radius 2 is 1.88 bits per heavy atom. The van der Waals surface area contributed by atoms with Gasteiger partial charge in [0.05, 0.1) is 6.54 Å². The number of hydrogen-bond acceptors (Lipinski definition) is 3. The molecule has 1 N–H and O–H groups in total. The fraction of sp³-hybridized carbons (Fsp3) is 0.381. The molecule has 4 heteroatoms. The number of carbonyl (C=O) groups is 1. The minimum absolute atomic E-state index is 0.115. The van der Waals surface area contributed by atoms with Gasteiger partial charge in [0.25, 0.3) is 5.91 Å². The average Bonchev–Trinajstić information content (AvgIpc) is 2.60. The van der Waals surface area contributed by atoms with E-state index in [-0.39, 0.29) is 5.91 Å². The van der Waals surface area contributed by atoms with Crippen molar-refractivity contribution >= 4 is 5.91 Å². The van der Waals surface area contributed by atoms with Gasteiger partial charge in [-0.25, -0.2) is 0 Å². The van der Waals surface area contributed by atoms with E-state index >= 15 is 0 Å². The molecule has 1 atom stereocenters. The first-order chi connectivity index (χ1) is 12.0. The van der Waals surface area contributed by atoms with Crippen molar-refractivity contribution in [3.63, 3.8) is 0 Å². The van der Waals surface area contributed by atoms with Crippen LogP contribution >= 0.6 is 0 Å². The summed E-state index contributed by atoms with van der Waals surface area (Å²) in [5.74, 6) is 1.46. The summed E-state index contributed by atoms with van der Waals surface area (Å²) in [5, 5.41) is 2.88. The van der Waals surface area contributed by atoms with Gasteiger partial charge in [0.2, 0.25) is 0 Å². The number of nitrogens with one attached hydrogen (secondary N) is 1. The van der Waals surface area contributed by atoms with Crippen molar-refractivity contribution < 1.29 is 14.3 Å². The maximum atomic E-state index is 12.3. The molecular formula is C21H27NO3. The topological polar surface area (TPSA) is 47.6 Å². The molecule has 0 aliphatic rings. The molecule has 2 aromatic carbocycles. The van der Waals surface area contributed by atoms with Crippen LogP contribution in [0.4, 0.5) is 0 Å². The summed E-state index contributed by atoms with van der Waals surface area (Å²) in [6.07, 6.45) is 0.109. The molecule has 134 valence electrons. The lowest BCUT2D eigenvalue weighted by atomic mass is 10.1. The van der Waals surface area contributed by atoms with Crippen molar-refractivity contribution in [1.29, 1.82) is 0 Å². The highest BCUT2D eigenvalue weighted by Crippen LogP contribution is 2.22. The summed E-state index contributed by atoms with van der Waals surface area (Å²) in [6, 6.07) is 13.7. The van der Waals surface area contributed by atoms with Crippen molar-refractivity contribution in [2.45, 2.75) is 40.2 Å². The van der Waals surface area contributed by atoms with Crippen LogP contribution in [0.1, 0.15) is 30.0 Å². The molecule has 2 aromatic rings. The standard InChI is InChI=1S/C21H27NO3/c1-5-19(25-20-11-7-9-16(3)17(20)4)21(23)22-12-13-24-18-10-6-8-15(2)14-18/h6-11,14,19H,5,12-13H2,1-4H3,(H,22,23)/t19-/m1/s1. The Morgan fingerprint density at radius 3 is 2.60 bits per heavy atom. The quantitative estimate of drug-likeness (QED) is 0.739. The second kappa shape index (κ2) is 9.11. The molecule has 0 aliphatic carbocycles. The summed E-state index contributed by atoms with van der Waals surface area (Å²) in [6.45, 7) is 8.87. The van der Waals surface area contributed by atoms with E-state index in [0.717, 1.165) is 28.2 Å². The zero-order valence-electron chi connectivity index (χ0n) is 15.5. The second-order valence-electron chi connectivity index (χ2n) is 6.17. The van der Waals surface area contributed by atoms with Crippen molar-refractivity contribution in [3.05, 3.63) is 59.2 Å². The SMILES string of the molecule is CC[C@@H](Oc1cccc(C)c1C)C(=O)NCCOc1cccc(C)c1. The van der Waals surface area contributed by atoms with E-state index < -0.39 is 6.10 Å². The normalized spacial score (nSPS) is 11.7. The minimum Gasteiger partial charge on any atom is -0.492 e. The largest absolute Gasteiger partial charge is 0.492 e. The third kappa shape index (κ3) is 5.52. The third-order valence-corrected chi connectivity index (χ3v) is 4.15. The van der Waals surface area contributed by atoms with Crippen LogP contribution in [-0.4, -0.2) is 25.2 Å².